The fourth-order valence-corrected chi connectivity index (χ4v) is 3.84. The van der Waals surface area contributed by atoms with Crippen molar-refractivity contribution in [2.24, 2.45) is 0 Å². The van der Waals surface area contributed by atoms with Gasteiger partial charge in [-0.25, -0.2) is 4.98 Å². The first kappa shape index (κ1) is 22.2. The van der Waals surface area contributed by atoms with Crippen LogP contribution in [0.15, 0.2) is 29.7 Å². The first-order valence-corrected chi connectivity index (χ1v) is 9.79. The van der Waals surface area contributed by atoms with Gasteiger partial charge in [0.05, 0.1) is 20.8 Å². The third-order valence-corrected chi connectivity index (χ3v) is 5.49. The SMILES string of the molecule is COc1ccc(/C=C/C(=O)N2CCN(Cc3nc(C)cs3)CC2)cc1OC.Cl. The van der Waals surface area contributed by atoms with Crippen LogP contribution in [0.5, 0.6) is 11.5 Å². The van der Waals surface area contributed by atoms with E-state index in [0.29, 0.717) is 11.5 Å². The molecule has 1 saturated heterocycles. The highest BCUT2D eigenvalue weighted by molar-refractivity contribution is 7.09. The Labute approximate surface area is 176 Å². The maximum atomic E-state index is 12.5. The number of methoxy groups -OCH3 is 2. The molecule has 8 heteroatoms. The Hall–Kier alpha value is -2.09. The standard InChI is InChI=1S/C20H25N3O3S.ClH/c1-15-14-27-19(21-15)13-22-8-10-23(11-9-22)20(24)7-5-16-4-6-17(25-2)18(12-16)26-3;/h4-7,12,14H,8-11,13H2,1-3H3;1H/b7-5+;. The zero-order valence-corrected chi connectivity index (χ0v) is 18.0. The molecule has 152 valence electrons. The van der Waals surface area contributed by atoms with Crippen molar-refractivity contribution in [2.45, 2.75) is 13.5 Å². The average molecular weight is 424 g/mol. The Balaban J connectivity index is 0.00000280. The summed E-state index contributed by atoms with van der Waals surface area (Å²) >= 11 is 1.70. The molecule has 2 aromatic rings. The van der Waals surface area contributed by atoms with E-state index in [9.17, 15) is 4.79 Å². The molecule has 1 aromatic carbocycles. The monoisotopic (exact) mass is 423 g/mol. The van der Waals surface area contributed by atoms with Gasteiger partial charge in [0, 0.05) is 43.3 Å². The maximum Gasteiger partial charge on any atom is 0.246 e. The van der Waals surface area contributed by atoms with Crippen LogP contribution in [0.2, 0.25) is 0 Å². The van der Waals surface area contributed by atoms with Gasteiger partial charge in [0.2, 0.25) is 5.91 Å². The quantitative estimate of drug-likeness (QED) is 0.667. The van der Waals surface area contributed by atoms with E-state index in [1.165, 1.54) is 0 Å². The molecule has 1 aliphatic rings. The number of benzene rings is 1. The zero-order chi connectivity index (χ0) is 19.2. The summed E-state index contributed by atoms with van der Waals surface area (Å²) in [5.74, 6) is 1.36. The second-order valence-electron chi connectivity index (χ2n) is 6.43. The molecule has 0 radical (unpaired) electrons. The smallest absolute Gasteiger partial charge is 0.246 e. The van der Waals surface area contributed by atoms with Crippen LogP contribution < -0.4 is 9.47 Å². The minimum Gasteiger partial charge on any atom is -0.493 e. The normalized spacial score (nSPS) is 14.8. The number of carbonyl (C=O) groups is 1. The summed E-state index contributed by atoms with van der Waals surface area (Å²) in [6.45, 7) is 6.09. The van der Waals surface area contributed by atoms with Crippen molar-refractivity contribution in [3.63, 3.8) is 0 Å². The predicted octanol–water partition coefficient (Wildman–Crippen LogP) is 3.25. The lowest BCUT2D eigenvalue weighted by Gasteiger charge is -2.33. The molecule has 1 aliphatic heterocycles. The van der Waals surface area contributed by atoms with Gasteiger partial charge in [-0.1, -0.05) is 6.07 Å². The number of amides is 1. The van der Waals surface area contributed by atoms with Crippen LogP contribution in [0, 0.1) is 6.92 Å². The first-order chi connectivity index (χ1) is 13.1. The molecule has 0 saturated carbocycles. The van der Waals surface area contributed by atoms with E-state index >= 15 is 0 Å². The lowest BCUT2D eigenvalue weighted by Crippen LogP contribution is -2.47. The molecule has 0 spiro atoms. The topological polar surface area (TPSA) is 54.9 Å². The number of hydrogen-bond donors (Lipinski definition) is 0. The summed E-state index contributed by atoms with van der Waals surface area (Å²) in [4.78, 5) is 21.2. The van der Waals surface area contributed by atoms with Gasteiger partial charge in [0.25, 0.3) is 0 Å². The van der Waals surface area contributed by atoms with Crippen LogP contribution in [-0.4, -0.2) is 61.1 Å². The van der Waals surface area contributed by atoms with E-state index in [4.69, 9.17) is 9.47 Å². The molecule has 0 N–H and O–H groups in total. The van der Waals surface area contributed by atoms with Gasteiger partial charge in [-0.3, -0.25) is 9.69 Å². The van der Waals surface area contributed by atoms with E-state index in [2.05, 4.69) is 15.3 Å². The van der Waals surface area contributed by atoms with Crippen molar-refractivity contribution in [3.05, 3.63) is 45.9 Å². The highest BCUT2D eigenvalue weighted by Crippen LogP contribution is 2.28. The van der Waals surface area contributed by atoms with Gasteiger partial charge >= 0.3 is 0 Å². The van der Waals surface area contributed by atoms with Crippen molar-refractivity contribution >= 4 is 35.7 Å². The molecule has 28 heavy (non-hydrogen) atoms. The first-order valence-electron chi connectivity index (χ1n) is 8.91. The molecule has 1 fully saturated rings. The molecule has 3 rings (SSSR count). The van der Waals surface area contributed by atoms with Gasteiger partial charge in [0.1, 0.15) is 5.01 Å². The lowest BCUT2D eigenvalue weighted by atomic mass is 10.2. The number of carbonyl (C=O) groups excluding carboxylic acids is 1. The largest absolute Gasteiger partial charge is 0.493 e. The Morgan fingerprint density at radius 2 is 1.89 bits per heavy atom. The molecule has 6 nitrogen and oxygen atoms in total. The fraction of sp³-hybridized carbons (Fsp3) is 0.400. The molecular weight excluding hydrogens is 398 g/mol. The number of thiazole rings is 1. The number of hydrogen-bond acceptors (Lipinski definition) is 6. The van der Waals surface area contributed by atoms with Crippen LogP contribution in [-0.2, 0) is 11.3 Å². The van der Waals surface area contributed by atoms with Crippen LogP contribution in [0.1, 0.15) is 16.3 Å². The molecule has 1 aromatic heterocycles. The van der Waals surface area contributed by atoms with Crippen molar-refractivity contribution in [1.82, 2.24) is 14.8 Å². The number of aryl methyl sites for hydroxylation is 1. The molecule has 0 bridgehead atoms. The van der Waals surface area contributed by atoms with Crippen LogP contribution in [0.25, 0.3) is 6.08 Å². The van der Waals surface area contributed by atoms with Gasteiger partial charge in [-0.05, 0) is 30.7 Å². The van der Waals surface area contributed by atoms with Crippen LogP contribution in [0.4, 0.5) is 0 Å². The Morgan fingerprint density at radius 3 is 2.50 bits per heavy atom. The van der Waals surface area contributed by atoms with E-state index in [1.54, 1.807) is 31.6 Å². The highest BCUT2D eigenvalue weighted by atomic mass is 35.5. The summed E-state index contributed by atoms with van der Waals surface area (Å²) < 4.78 is 10.5. The number of ether oxygens (including phenoxy) is 2. The minimum atomic E-state index is 0. The fourth-order valence-electron chi connectivity index (χ4n) is 3.02. The van der Waals surface area contributed by atoms with E-state index in [-0.39, 0.29) is 18.3 Å². The Bertz CT molecular complexity index is 817. The Kier molecular flexibility index (Phi) is 8.29. The average Bonchev–Trinajstić information content (AvgIpc) is 3.11. The van der Waals surface area contributed by atoms with Crippen LogP contribution in [0.3, 0.4) is 0 Å². The molecular formula is C20H26ClN3O3S. The van der Waals surface area contributed by atoms with Gasteiger partial charge < -0.3 is 14.4 Å². The maximum absolute atomic E-state index is 12.5. The van der Waals surface area contributed by atoms with Crippen LogP contribution >= 0.6 is 23.7 Å². The second kappa shape index (κ2) is 10.5. The third kappa shape index (κ3) is 5.70. The highest BCUT2D eigenvalue weighted by Gasteiger charge is 2.20. The summed E-state index contributed by atoms with van der Waals surface area (Å²) in [7, 11) is 3.20. The lowest BCUT2D eigenvalue weighted by molar-refractivity contribution is -0.127. The molecule has 2 heterocycles. The van der Waals surface area contributed by atoms with Gasteiger partial charge in [-0.15, -0.1) is 23.7 Å². The number of halogens is 1. The second-order valence-corrected chi connectivity index (χ2v) is 7.37. The molecule has 1 amide bonds. The summed E-state index contributed by atoms with van der Waals surface area (Å²) in [5.41, 5.74) is 1.97. The van der Waals surface area contributed by atoms with E-state index < -0.39 is 0 Å². The number of rotatable bonds is 6. The molecule has 0 unspecified atom stereocenters. The predicted molar refractivity (Wildman–Crippen MR) is 115 cm³/mol. The van der Waals surface area contributed by atoms with Gasteiger partial charge in [-0.2, -0.15) is 0 Å². The molecule has 0 aliphatic carbocycles. The van der Waals surface area contributed by atoms with Crippen molar-refractivity contribution in [2.75, 3.05) is 40.4 Å². The summed E-state index contributed by atoms with van der Waals surface area (Å²) in [5, 5.41) is 3.22. The molecule has 0 atom stereocenters. The number of aromatic nitrogens is 1. The van der Waals surface area contributed by atoms with Crippen molar-refractivity contribution in [1.29, 1.82) is 0 Å². The van der Waals surface area contributed by atoms with Gasteiger partial charge in [0.15, 0.2) is 11.5 Å². The summed E-state index contributed by atoms with van der Waals surface area (Å²) in [6, 6.07) is 5.59. The van der Waals surface area contributed by atoms with Crippen molar-refractivity contribution < 1.29 is 14.3 Å². The van der Waals surface area contributed by atoms with Crippen molar-refractivity contribution in [3.8, 4) is 11.5 Å². The summed E-state index contributed by atoms with van der Waals surface area (Å²) in [6.07, 6.45) is 3.44. The number of nitrogens with zero attached hydrogens (tertiary/aromatic N) is 3. The number of piperazine rings is 1. The Morgan fingerprint density at radius 1 is 1.18 bits per heavy atom. The zero-order valence-electron chi connectivity index (χ0n) is 16.4. The third-order valence-electron chi connectivity index (χ3n) is 4.54. The van der Waals surface area contributed by atoms with E-state index in [0.717, 1.165) is 49.0 Å². The van der Waals surface area contributed by atoms with E-state index in [1.807, 2.05) is 36.1 Å². The minimum absolute atomic E-state index is 0.